The molecule has 0 aliphatic carbocycles. The molecule has 0 aromatic heterocycles. The Labute approximate surface area is 218 Å². The van der Waals surface area contributed by atoms with Crippen molar-refractivity contribution in [1.82, 2.24) is 4.90 Å². The summed E-state index contributed by atoms with van der Waals surface area (Å²) in [7, 11) is 0. The number of halogens is 10. The second-order valence-corrected chi connectivity index (χ2v) is 10.3. The van der Waals surface area contributed by atoms with Crippen LogP contribution < -0.4 is 0 Å². The molecule has 200 valence electrons. The van der Waals surface area contributed by atoms with Gasteiger partial charge in [0, 0.05) is 12.0 Å². The molecule has 0 spiro atoms. The van der Waals surface area contributed by atoms with Crippen molar-refractivity contribution in [3.63, 3.8) is 0 Å². The van der Waals surface area contributed by atoms with E-state index in [4.69, 9.17) is 28.0 Å². The third-order valence-corrected chi connectivity index (χ3v) is 7.24. The Kier molecular flexibility index (Phi) is 7.13. The lowest BCUT2D eigenvalue weighted by Gasteiger charge is -2.44. The molecule has 2 aromatic carbocycles. The number of carbonyl (C=O) groups excluding carboxylic acids is 1. The van der Waals surface area contributed by atoms with Crippen LogP contribution >= 0.6 is 35.0 Å². The van der Waals surface area contributed by atoms with Crippen molar-refractivity contribution >= 4 is 46.6 Å². The van der Waals surface area contributed by atoms with Gasteiger partial charge in [-0.05, 0) is 35.0 Å². The highest BCUT2D eigenvalue weighted by molar-refractivity contribution is 8.00. The monoisotopic (exact) mass is 592 g/mol. The topological polar surface area (TPSA) is 41.9 Å². The maximum absolute atomic E-state index is 15.2. The molecule has 2 aliphatic rings. The molecule has 15 heteroatoms. The Hall–Kier alpha value is -2.25. The van der Waals surface area contributed by atoms with Crippen molar-refractivity contribution < 1.29 is 44.8 Å². The summed E-state index contributed by atoms with van der Waals surface area (Å²) in [6.45, 7) is -0.923. The summed E-state index contributed by atoms with van der Waals surface area (Å²) in [5.74, 6) is -2.83. The molecular weight excluding hydrogens is 579 g/mol. The minimum Gasteiger partial charge on any atom is -0.374 e. The van der Waals surface area contributed by atoms with E-state index in [9.17, 15) is 35.5 Å². The summed E-state index contributed by atoms with van der Waals surface area (Å²) in [5, 5.41) is 2.29. The molecule has 4 rings (SSSR count). The van der Waals surface area contributed by atoms with Gasteiger partial charge in [0.2, 0.25) is 5.91 Å². The number of rotatable bonds is 5. The van der Waals surface area contributed by atoms with Crippen LogP contribution in [0.2, 0.25) is 10.0 Å². The fraction of sp³-hybridized carbons (Fsp3) is 0.364. The first-order valence-corrected chi connectivity index (χ1v) is 12.0. The van der Waals surface area contributed by atoms with Crippen LogP contribution in [0.5, 0.6) is 0 Å². The van der Waals surface area contributed by atoms with Crippen LogP contribution in [0.4, 0.5) is 35.1 Å². The lowest BCUT2D eigenvalue weighted by atomic mass is 9.85. The Morgan fingerprint density at radius 2 is 1.59 bits per heavy atom. The van der Waals surface area contributed by atoms with Gasteiger partial charge in [0.1, 0.15) is 0 Å². The van der Waals surface area contributed by atoms with Gasteiger partial charge >= 0.3 is 11.7 Å². The van der Waals surface area contributed by atoms with Gasteiger partial charge in [-0.15, -0.1) is 0 Å². The zero-order chi connectivity index (χ0) is 27.4. The molecule has 4 nitrogen and oxygen atoms in total. The second-order valence-electron chi connectivity index (χ2n) is 8.41. The molecular formula is C22H14Cl2F8N2O2S. The molecule has 2 heterocycles. The third kappa shape index (κ3) is 5.35. The average molecular weight is 593 g/mol. The number of benzene rings is 2. The van der Waals surface area contributed by atoms with Gasteiger partial charge < -0.3 is 9.74 Å². The summed E-state index contributed by atoms with van der Waals surface area (Å²) >= 11 is 10.8. The normalized spacial score (nSPS) is 21.4. The molecule has 1 fully saturated rings. The van der Waals surface area contributed by atoms with Gasteiger partial charge in [0.05, 0.1) is 34.6 Å². The Bertz CT molecular complexity index is 1220. The highest BCUT2D eigenvalue weighted by Gasteiger charge is 2.62. The molecule has 1 atom stereocenters. The van der Waals surface area contributed by atoms with Crippen LogP contribution in [0.3, 0.4) is 0 Å². The first-order chi connectivity index (χ1) is 17.0. The second kappa shape index (κ2) is 9.49. The Morgan fingerprint density at radius 3 is 2.11 bits per heavy atom. The van der Waals surface area contributed by atoms with Crippen molar-refractivity contribution in [1.29, 1.82) is 0 Å². The number of oxime groups is 1. The number of alkyl halides is 7. The van der Waals surface area contributed by atoms with E-state index in [1.165, 1.54) is 24.3 Å². The summed E-state index contributed by atoms with van der Waals surface area (Å²) < 4.78 is 108. The van der Waals surface area contributed by atoms with Gasteiger partial charge in [-0.1, -0.05) is 52.6 Å². The largest absolute Gasteiger partial charge is 0.442 e. The number of thioether (sulfide) groups is 1. The van der Waals surface area contributed by atoms with Crippen LogP contribution in [0.25, 0.3) is 0 Å². The van der Waals surface area contributed by atoms with Crippen LogP contribution in [0.1, 0.15) is 23.1 Å². The Morgan fingerprint density at radius 1 is 1.03 bits per heavy atom. The quantitative estimate of drug-likeness (QED) is 0.278. The lowest BCUT2D eigenvalue weighted by molar-refractivity contribution is -0.275. The van der Waals surface area contributed by atoms with E-state index in [1.54, 1.807) is 0 Å². The zero-order valence-electron chi connectivity index (χ0n) is 18.2. The van der Waals surface area contributed by atoms with Gasteiger partial charge in [-0.2, -0.15) is 26.3 Å². The predicted octanol–water partition coefficient (Wildman–Crippen LogP) is 6.97. The van der Waals surface area contributed by atoms with Gasteiger partial charge in [-0.25, -0.2) is 8.78 Å². The van der Waals surface area contributed by atoms with Crippen molar-refractivity contribution in [3.8, 4) is 0 Å². The summed E-state index contributed by atoms with van der Waals surface area (Å²) in [5.41, 5.74) is -10.0. The van der Waals surface area contributed by atoms with Crippen molar-refractivity contribution in [2.45, 2.75) is 29.4 Å². The molecule has 2 aromatic rings. The van der Waals surface area contributed by atoms with E-state index < -0.39 is 87.3 Å². The summed E-state index contributed by atoms with van der Waals surface area (Å²) in [6.07, 6.45) is -5.81. The first-order valence-electron chi connectivity index (χ1n) is 10.3. The van der Waals surface area contributed by atoms with E-state index in [0.717, 1.165) is 17.0 Å². The number of likely N-dealkylation sites (tertiary alicyclic amines) is 1. The van der Waals surface area contributed by atoms with E-state index in [1.807, 2.05) is 0 Å². The van der Waals surface area contributed by atoms with E-state index in [2.05, 4.69) is 5.16 Å². The molecule has 0 radical (unpaired) electrons. The Balaban J connectivity index is 1.48. The molecule has 2 aliphatic heterocycles. The predicted molar refractivity (Wildman–Crippen MR) is 121 cm³/mol. The average Bonchev–Trinajstić information content (AvgIpc) is 3.25. The van der Waals surface area contributed by atoms with Crippen LogP contribution in [-0.4, -0.2) is 47.0 Å². The minimum atomic E-state index is -5.00. The SMILES string of the molecule is O=C(CSC(F)(F)F)N1CC(F)(c2ccc(C3=NOC(c4cc(Cl)c(F)c(Cl)c4)(C(F)(F)F)C3)cc2)C1. The number of hydrogen-bond donors (Lipinski definition) is 0. The lowest BCUT2D eigenvalue weighted by Crippen LogP contribution is -2.59. The van der Waals surface area contributed by atoms with Crippen molar-refractivity contribution in [3.05, 3.63) is 69.0 Å². The number of amides is 1. The van der Waals surface area contributed by atoms with Crippen molar-refractivity contribution in [2.75, 3.05) is 18.8 Å². The first kappa shape index (κ1) is 27.8. The van der Waals surface area contributed by atoms with Crippen LogP contribution in [0, 0.1) is 5.82 Å². The number of carbonyl (C=O) groups is 1. The maximum Gasteiger partial charge on any atom is 0.442 e. The molecule has 37 heavy (non-hydrogen) atoms. The molecule has 1 unspecified atom stereocenters. The fourth-order valence-electron chi connectivity index (χ4n) is 3.96. The molecule has 0 bridgehead atoms. The van der Waals surface area contributed by atoms with E-state index in [-0.39, 0.29) is 16.8 Å². The van der Waals surface area contributed by atoms with E-state index in [0.29, 0.717) is 0 Å². The fourth-order valence-corrected chi connectivity index (χ4v) is 4.92. The zero-order valence-corrected chi connectivity index (χ0v) is 20.5. The minimum absolute atomic E-state index is 0.0856. The third-order valence-electron chi connectivity index (χ3n) is 5.97. The van der Waals surface area contributed by atoms with Crippen LogP contribution in [-0.2, 0) is 20.9 Å². The van der Waals surface area contributed by atoms with Gasteiger partial charge in [-0.3, -0.25) is 4.79 Å². The maximum atomic E-state index is 15.2. The smallest absolute Gasteiger partial charge is 0.374 e. The highest BCUT2D eigenvalue weighted by Crippen LogP contribution is 2.50. The number of hydrogen-bond acceptors (Lipinski definition) is 4. The summed E-state index contributed by atoms with van der Waals surface area (Å²) in [4.78, 5) is 17.6. The standard InChI is InChI=1S/C22H14Cl2F8N2O2S/c23-14-5-13(6-15(24)18(14)25)20(21(27,28)29)7-16(33-36-20)11-1-3-12(4-2-11)19(26)9-34(10-19)17(35)8-37-22(30,31)32/h1-6H,7-10H2. The van der Waals surface area contributed by atoms with Crippen LogP contribution in [0.15, 0.2) is 41.6 Å². The van der Waals surface area contributed by atoms with Gasteiger partial charge in [0.25, 0.3) is 5.60 Å². The molecule has 1 saturated heterocycles. The molecule has 0 saturated carbocycles. The molecule has 1 amide bonds. The highest BCUT2D eigenvalue weighted by atomic mass is 35.5. The number of nitrogens with zero attached hydrogens (tertiary/aromatic N) is 2. The van der Waals surface area contributed by atoms with Gasteiger partial charge in [0.15, 0.2) is 11.5 Å². The summed E-state index contributed by atoms with van der Waals surface area (Å²) in [6, 6.07) is 6.68. The van der Waals surface area contributed by atoms with Crippen molar-refractivity contribution in [2.24, 2.45) is 5.16 Å². The van der Waals surface area contributed by atoms with E-state index >= 15 is 4.39 Å². The molecule has 0 N–H and O–H groups in total.